The summed E-state index contributed by atoms with van der Waals surface area (Å²) in [4.78, 5) is 0.350. The van der Waals surface area contributed by atoms with Crippen molar-refractivity contribution in [2.75, 3.05) is 11.9 Å². The zero-order chi connectivity index (χ0) is 14.8. The molecule has 1 aliphatic rings. The number of benzene rings is 1. The predicted octanol–water partition coefficient (Wildman–Crippen LogP) is 2.83. The lowest BCUT2D eigenvalue weighted by Gasteiger charge is -2.18. The van der Waals surface area contributed by atoms with Gasteiger partial charge in [-0.25, -0.2) is 13.1 Å². The van der Waals surface area contributed by atoms with Crippen LogP contribution < -0.4 is 10.0 Å². The molecule has 112 valence electrons. The fourth-order valence-electron chi connectivity index (χ4n) is 1.84. The standard InChI is InChI=1S/C15H24N2O2S/c1-11(2)12(3)10-16-14-6-4-5-7-15(14)20(18,19)17-13-8-9-13/h4-7,11-13,16-17H,8-10H2,1-3H3. The Hall–Kier alpha value is -1.07. The molecule has 0 amide bonds. The van der Waals surface area contributed by atoms with Gasteiger partial charge in [-0.15, -0.1) is 0 Å². The molecule has 0 spiro atoms. The Balaban J connectivity index is 2.13. The van der Waals surface area contributed by atoms with E-state index in [9.17, 15) is 8.42 Å². The summed E-state index contributed by atoms with van der Waals surface area (Å²) in [5.41, 5.74) is 0.688. The smallest absolute Gasteiger partial charge is 0.242 e. The summed E-state index contributed by atoms with van der Waals surface area (Å²) in [6.45, 7) is 7.28. The van der Waals surface area contributed by atoms with Gasteiger partial charge in [0.2, 0.25) is 10.0 Å². The van der Waals surface area contributed by atoms with Gasteiger partial charge in [-0.2, -0.15) is 0 Å². The summed E-state index contributed by atoms with van der Waals surface area (Å²) in [5.74, 6) is 1.05. The largest absolute Gasteiger partial charge is 0.384 e. The maximum atomic E-state index is 12.3. The van der Waals surface area contributed by atoms with Crippen molar-refractivity contribution >= 4 is 15.7 Å². The third-order valence-corrected chi connectivity index (χ3v) is 5.41. The lowest BCUT2D eigenvalue weighted by molar-refractivity contribution is 0.439. The van der Waals surface area contributed by atoms with Crippen LogP contribution >= 0.6 is 0 Å². The van der Waals surface area contributed by atoms with Crippen molar-refractivity contribution in [2.45, 2.75) is 44.6 Å². The van der Waals surface area contributed by atoms with Gasteiger partial charge < -0.3 is 5.32 Å². The van der Waals surface area contributed by atoms with Crippen LogP contribution in [0.1, 0.15) is 33.6 Å². The van der Waals surface area contributed by atoms with Gasteiger partial charge in [0.05, 0.1) is 5.69 Å². The Kier molecular flexibility index (Phi) is 4.70. The molecule has 1 atom stereocenters. The zero-order valence-electron chi connectivity index (χ0n) is 12.4. The topological polar surface area (TPSA) is 58.2 Å². The van der Waals surface area contributed by atoms with Gasteiger partial charge >= 0.3 is 0 Å². The fourth-order valence-corrected chi connectivity index (χ4v) is 3.33. The van der Waals surface area contributed by atoms with E-state index < -0.39 is 10.0 Å². The van der Waals surface area contributed by atoms with E-state index in [1.807, 2.05) is 12.1 Å². The molecule has 20 heavy (non-hydrogen) atoms. The molecule has 1 aliphatic carbocycles. The van der Waals surface area contributed by atoms with Crippen LogP contribution in [0, 0.1) is 11.8 Å². The predicted molar refractivity (Wildman–Crippen MR) is 82.3 cm³/mol. The number of nitrogens with one attached hydrogen (secondary N) is 2. The molecule has 0 heterocycles. The average molecular weight is 296 g/mol. The Morgan fingerprint density at radius 2 is 1.85 bits per heavy atom. The van der Waals surface area contributed by atoms with Crippen LogP contribution in [-0.4, -0.2) is 21.0 Å². The molecule has 1 aromatic carbocycles. The van der Waals surface area contributed by atoms with E-state index >= 15 is 0 Å². The van der Waals surface area contributed by atoms with Crippen LogP contribution in [0.2, 0.25) is 0 Å². The minimum atomic E-state index is -3.41. The van der Waals surface area contributed by atoms with Gasteiger partial charge in [0.15, 0.2) is 0 Å². The molecule has 1 saturated carbocycles. The van der Waals surface area contributed by atoms with Crippen molar-refractivity contribution in [1.82, 2.24) is 4.72 Å². The highest BCUT2D eigenvalue weighted by atomic mass is 32.2. The number of sulfonamides is 1. The second-order valence-electron chi connectivity index (χ2n) is 5.99. The minimum absolute atomic E-state index is 0.127. The summed E-state index contributed by atoms with van der Waals surface area (Å²) in [5, 5.41) is 3.27. The van der Waals surface area contributed by atoms with E-state index in [2.05, 4.69) is 30.8 Å². The van der Waals surface area contributed by atoms with Crippen molar-refractivity contribution in [2.24, 2.45) is 11.8 Å². The van der Waals surface area contributed by atoms with E-state index in [0.29, 0.717) is 22.4 Å². The Morgan fingerprint density at radius 3 is 2.45 bits per heavy atom. The highest BCUT2D eigenvalue weighted by molar-refractivity contribution is 7.89. The number of hydrogen-bond acceptors (Lipinski definition) is 3. The molecule has 1 fully saturated rings. The third kappa shape index (κ3) is 3.96. The van der Waals surface area contributed by atoms with Crippen molar-refractivity contribution in [3.63, 3.8) is 0 Å². The van der Waals surface area contributed by atoms with E-state index in [4.69, 9.17) is 0 Å². The molecule has 0 aromatic heterocycles. The first-order valence-electron chi connectivity index (χ1n) is 7.25. The van der Waals surface area contributed by atoms with Crippen LogP contribution in [0.15, 0.2) is 29.2 Å². The van der Waals surface area contributed by atoms with E-state index in [1.165, 1.54) is 0 Å². The zero-order valence-corrected chi connectivity index (χ0v) is 13.2. The summed E-state index contributed by atoms with van der Waals surface area (Å²) in [7, 11) is -3.41. The highest BCUT2D eigenvalue weighted by Crippen LogP contribution is 2.26. The summed E-state index contributed by atoms with van der Waals surface area (Å²) < 4.78 is 27.4. The van der Waals surface area contributed by atoms with Crippen molar-refractivity contribution in [3.8, 4) is 0 Å². The normalized spacial score (nSPS) is 17.2. The molecule has 0 saturated heterocycles. The molecule has 2 N–H and O–H groups in total. The van der Waals surface area contributed by atoms with Crippen LogP contribution in [0.3, 0.4) is 0 Å². The molecule has 4 nitrogen and oxygen atoms in total. The first kappa shape index (κ1) is 15.3. The Morgan fingerprint density at radius 1 is 1.20 bits per heavy atom. The van der Waals surface area contributed by atoms with E-state index in [-0.39, 0.29) is 6.04 Å². The summed E-state index contributed by atoms with van der Waals surface area (Å²) >= 11 is 0. The highest BCUT2D eigenvalue weighted by Gasteiger charge is 2.29. The molecule has 0 radical (unpaired) electrons. The molecule has 5 heteroatoms. The van der Waals surface area contributed by atoms with Gasteiger partial charge in [0, 0.05) is 12.6 Å². The van der Waals surface area contributed by atoms with Gasteiger partial charge in [-0.3, -0.25) is 0 Å². The van der Waals surface area contributed by atoms with Gasteiger partial charge in [-0.05, 0) is 36.8 Å². The first-order valence-corrected chi connectivity index (χ1v) is 8.73. The maximum Gasteiger partial charge on any atom is 0.242 e. The second kappa shape index (κ2) is 6.14. The summed E-state index contributed by atoms with van der Waals surface area (Å²) in [6, 6.07) is 7.24. The van der Waals surface area contributed by atoms with Crippen molar-refractivity contribution in [1.29, 1.82) is 0 Å². The number of para-hydroxylation sites is 1. The molecular formula is C15H24N2O2S. The van der Waals surface area contributed by atoms with Crippen LogP contribution in [0.4, 0.5) is 5.69 Å². The lowest BCUT2D eigenvalue weighted by atomic mass is 9.98. The molecule has 0 aliphatic heterocycles. The maximum absolute atomic E-state index is 12.3. The first-order chi connectivity index (χ1) is 9.40. The SMILES string of the molecule is CC(C)C(C)CNc1ccccc1S(=O)(=O)NC1CC1. The van der Waals surface area contributed by atoms with Crippen LogP contribution in [0.25, 0.3) is 0 Å². The van der Waals surface area contributed by atoms with Crippen LogP contribution in [0.5, 0.6) is 0 Å². The van der Waals surface area contributed by atoms with Crippen molar-refractivity contribution < 1.29 is 8.42 Å². The molecule has 2 rings (SSSR count). The fraction of sp³-hybridized carbons (Fsp3) is 0.600. The molecule has 1 unspecified atom stereocenters. The van der Waals surface area contributed by atoms with Gasteiger partial charge in [0.25, 0.3) is 0 Å². The molecule has 1 aromatic rings. The molecule has 0 bridgehead atoms. The van der Waals surface area contributed by atoms with Crippen molar-refractivity contribution in [3.05, 3.63) is 24.3 Å². The number of anilines is 1. The van der Waals surface area contributed by atoms with Gasteiger partial charge in [-0.1, -0.05) is 32.9 Å². The average Bonchev–Trinajstić information content (AvgIpc) is 3.19. The Bertz CT molecular complexity index is 551. The summed E-state index contributed by atoms with van der Waals surface area (Å²) in [6.07, 6.45) is 1.89. The number of hydrogen-bond donors (Lipinski definition) is 2. The van der Waals surface area contributed by atoms with Crippen LogP contribution in [-0.2, 0) is 10.0 Å². The van der Waals surface area contributed by atoms with E-state index in [1.54, 1.807) is 12.1 Å². The quantitative estimate of drug-likeness (QED) is 0.813. The monoisotopic (exact) mass is 296 g/mol. The lowest BCUT2D eigenvalue weighted by Crippen LogP contribution is -2.27. The van der Waals surface area contributed by atoms with Gasteiger partial charge in [0.1, 0.15) is 4.90 Å². The molecular weight excluding hydrogens is 272 g/mol. The minimum Gasteiger partial charge on any atom is -0.384 e. The number of rotatable bonds is 7. The third-order valence-electron chi connectivity index (χ3n) is 3.83. The van der Waals surface area contributed by atoms with E-state index in [0.717, 1.165) is 19.4 Å². The Labute approximate surface area is 122 Å². The second-order valence-corrected chi connectivity index (χ2v) is 7.68.